The largest absolute Gasteiger partial charge is 0.480 e. The van der Waals surface area contributed by atoms with Gasteiger partial charge in [0.1, 0.15) is 5.54 Å². The monoisotopic (exact) mass is 275 g/mol. The lowest BCUT2D eigenvalue weighted by Gasteiger charge is -2.23. The van der Waals surface area contributed by atoms with Crippen LogP contribution in [-0.2, 0) is 4.79 Å². The van der Waals surface area contributed by atoms with Gasteiger partial charge in [0.25, 0.3) is 0 Å². The third-order valence-electron chi connectivity index (χ3n) is 2.79. The number of halogens is 2. The van der Waals surface area contributed by atoms with Crippen molar-refractivity contribution in [2.45, 2.75) is 23.8 Å². The van der Waals surface area contributed by atoms with E-state index in [1.807, 2.05) is 0 Å². The summed E-state index contributed by atoms with van der Waals surface area (Å²) in [4.78, 5) is 11.6. The summed E-state index contributed by atoms with van der Waals surface area (Å²) >= 11 is 1.29. The summed E-state index contributed by atoms with van der Waals surface area (Å²) in [5.74, 6) is -2.22. The standard InChI is InChI=1S/C12H15F2NO2S/c1-12(15-2,11(16)17)5-6-18-8-3-4-9(13)10(14)7-8/h3-4,7,15H,5-6H2,1-2H3,(H,16,17). The first kappa shape index (κ1) is 14.9. The molecule has 3 nitrogen and oxygen atoms in total. The van der Waals surface area contributed by atoms with Crippen LogP contribution in [0.1, 0.15) is 13.3 Å². The third kappa shape index (κ3) is 3.68. The number of benzene rings is 1. The van der Waals surface area contributed by atoms with Gasteiger partial charge in [0, 0.05) is 10.6 Å². The van der Waals surface area contributed by atoms with E-state index >= 15 is 0 Å². The molecule has 0 heterocycles. The smallest absolute Gasteiger partial charge is 0.323 e. The summed E-state index contributed by atoms with van der Waals surface area (Å²) in [6.45, 7) is 1.58. The lowest BCUT2D eigenvalue weighted by atomic mass is 10.00. The first-order chi connectivity index (χ1) is 8.39. The van der Waals surface area contributed by atoms with Crippen molar-refractivity contribution in [1.29, 1.82) is 0 Å². The Kier molecular flexibility index (Phi) is 5.10. The molecule has 1 atom stereocenters. The molecule has 1 aromatic carbocycles. The highest BCUT2D eigenvalue weighted by Gasteiger charge is 2.30. The van der Waals surface area contributed by atoms with Crippen molar-refractivity contribution in [3.05, 3.63) is 29.8 Å². The fourth-order valence-electron chi connectivity index (χ4n) is 1.28. The van der Waals surface area contributed by atoms with Gasteiger partial charge in [-0.1, -0.05) is 0 Å². The highest BCUT2D eigenvalue weighted by atomic mass is 32.2. The van der Waals surface area contributed by atoms with Gasteiger partial charge in [0.15, 0.2) is 11.6 Å². The maximum atomic E-state index is 12.9. The van der Waals surface area contributed by atoms with Crippen molar-refractivity contribution in [2.75, 3.05) is 12.8 Å². The second-order valence-corrected chi connectivity index (χ2v) is 5.23. The number of likely N-dealkylation sites (N-methyl/N-ethyl adjacent to an activating group) is 1. The van der Waals surface area contributed by atoms with E-state index in [0.29, 0.717) is 17.1 Å². The summed E-state index contributed by atoms with van der Waals surface area (Å²) in [7, 11) is 1.58. The van der Waals surface area contributed by atoms with Gasteiger partial charge >= 0.3 is 5.97 Å². The van der Waals surface area contributed by atoms with E-state index in [0.717, 1.165) is 12.1 Å². The molecule has 0 amide bonds. The van der Waals surface area contributed by atoms with Crippen molar-refractivity contribution in [1.82, 2.24) is 5.32 Å². The van der Waals surface area contributed by atoms with Crippen LogP contribution in [0, 0.1) is 11.6 Å². The van der Waals surface area contributed by atoms with E-state index in [2.05, 4.69) is 5.32 Å². The number of nitrogens with one attached hydrogen (secondary N) is 1. The van der Waals surface area contributed by atoms with Crippen LogP contribution in [0.15, 0.2) is 23.1 Å². The van der Waals surface area contributed by atoms with Crippen LogP contribution in [0.4, 0.5) is 8.78 Å². The van der Waals surface area contributed by atoms with E-state index in [1.165, 1.54) is 17.8 Å². The molecule has 0 saturated carbocycles. The highest BCUT2D eigenvalue weighted by molar-refractivity contribution is 7.99. The fraction of sp³-hybridized carbons (Fsp3) is 0.417. The van der Waals surface area contributed by atoms with Crippen molar-refractivity contribution in [3.8, 4) is 0 Å². The second kappa shape index (κ2) is 6.15. The van der Waals surface area contributed by atoms with Gasteiger partial charge in [0.2, 0.25) is 0 Å². The molecule has 6 heteroatoms. The van der Waals surface area contributed by atoms with E-state index in [-0.39, 0.29) is 0 Å². The molecule has 0 fully saturated rings. The predicted octanol–water partition coefficient (Wildman–Crippen LogP) is 2.51. The van der Waals surface area contributed by atoms with Crippen molar-refractivity contribution in [3.63, 3.8) is 0 Å². The Hall–Kier alpha value is -1.14. The average molecular weight is 275 g/mol. The first-order valence-corrected chi connectivity index (χ1v) is 6.38. The summed E-state index contributed by atoms with van der Waals surface area (Å²) in [6.07, 6.45) is 0.377. The molecular weight excluding hydrogens is 260 g/mol. The molecule has 0 aliphatic rings. The summed E-state index contributed by atoms with van der Waals surface area (Å²) < 4.78 is 25.6. The molecular formula is C12H15F2NO2S. The van der Waals surface area contributed by atoms with Crippen LogP contribution in [0.3, 0.4) is 0 Å². The molecule has 0 spiro atoms. The molecule has 1 rings (SSSR count). The number of thioether (sulfide) groups is 1. The lowest BCUT2D eigenvalue weighted by Crippen LogP contribution is -2.47. The molecule has 0 aliphatic heterocycles. The normalized spacial score (nSPS) is 14.2. The van der Waals surface area contributed by atoms with Gasteiger partial charge in [-0.05, 0) is 38.6 Å². The Morgan fingerprint density at radius 2 is 2.11 bits per heavy atom. The van der Waals surface area contributed by atoms with Crippen LogP contribution in [-0.4, -0.2) is 29.4 Å². The SMILES string of the molecule is CNC(C)(CCSc1ccc(F)c(F)c1)C(=O)O. The van der Waals surface area contributed by atoms with Crippen molar-refractivity contribution in [2.24, 2.45) is 0 Å². The lowest BCUT2D eigenvalue weighted by molar-refractivity contribution is -0.144. The topological polar surface area (TPSA) is 49.3 Å². The van der Waals surface area contributed by atoms with Crippen LogP contribution < -0.4 is 5.32 Å². The Balaban J connectivity index is 2.56. The van der Waals surface area contributed by atoms with Crippen LogP contribution in [0.5, 0.6) is 0 Å². The van der Waals surface area contributed by atoms with Gasteiger partial charge in [0.05, 0.1) is 0 Å². The molecule has 0 radical (unpaired) electrons. The zero-order chi connectivity index (χ0) is 13.8. The molecule has 0 aromatic heterocycles. The number of rotatable bonds is 6. The quantitative estimate of drug-likeness (QED) is 0.783. The number of aliphatic carboxylic acids is 1. The van der Waals surface area contributed by atoms with Crippen LogP contribution in [0.25, 0.3) is 0 Å². The zero-order valence-electron chi connectivity index (χ0n) is 10.2. The van der Waals surface area contributed by atoms with Gasteiger partial charge in [-0.25, -0.2) is 8.78 Å². The molecule has 2 N–H and O–H groups in total. The molecule has 1 unspecified atom stereocenters. The van der Waals surface area contributed by atoms with Gasteiger partial charge in [-0.2, -0.15) is 0 Å². The minimum absolute atomic E-state index is 0.377. The summed E-state index contributed by atoms with van der Waals surface area (Å²) in [5.41, 5.74) is -1.01. The minimum Gasteiger partial charge on any atom is -0.480 e. The molecule has 100 valence electrons. The van der Waals surface area contributed by atoms with Crippen molar-refractivity contribution >= 4 is 17.7 Å². The molecule has 0 aliphatic carbocycles. The third-order valence-corrected chi connectivity index (χ3v) is 3.78. The van der Waals surface area contributed by atoms with Crippen LogP contribution >= 0.6 is 11.8 Å². The first-order valence-electron chi connectivity index (χ1n) is 5.39. The maximum absolute atomic E-state index is 12.9. The number of carbonyl (C=O) groups is 1. The van der Waals surface area contributed by atoms with Gasteiger partial charge < -0.3 is 10.4 Å². The number of hydrogen-bond donors (Lipinski definition) is 2. The van der Waals surface area contributed by atoms with Crippen molar-refractivity contribution < 1.29 is 18.7 Å². The molecule has 0 bridgehead atoms. The Morgan fingerprint density at radius 1 is 1.44 bits per heavy atom. The molecule has 0 saturated heterocycles. The number of carboxylic acids is 1. The van der Waals surface area contributed by atoms with E-state index in [4.69, 9.17) is 5.11 Å². The van der Waals surface area contributed by atoms with Gasteiger partial charge in [-0.3, -0.25) is 4.79 Å². The van der Waals surface area contributed by atoms with E-state index in [9.17, 15) is 13.6 Å². The Labute approximate surface area is 109 Å². The second-order valence-electron chi connectivity index (χ2n) is 4.06. The Morgan fingerprint density at radius 3 is 2.61 bits per heavy atom. The van der Waals surface area contributed by atoms with Crippen LogP contribution in [0.2, 0.25) is 0 Å². The number of hydrogen-bond acceptors (Lipinski definition) is 3. The molecule has 1 aromatic rings. The highest BCUT2D eigenvalue weighted by Crippen LogP contribution is 2.23. The molecule has 18 heavy (non-hydrogen) atoms. The Bertz CT molecular complexity index is 442. The predicted molar refractivity (Wildman–Crippen MR) is 66.8 cm³/mol. The minimum atomic E-state index is -1.01. The maximum Gasteiger partial charge on any atom is 0.323 e. The fourth-order valence-corrected chi connectivity index (χ4v) is 2.38. The number of carboxylic acid groups (broad SMARTS) is 1. The average Bonchev–Trinajstić information content (AvgIpc) is 2.33. The van der Waals surface area contributed by atoms with E-state index < -0.39 is 23.1 Å². The zero-order valence-corrected chi connectivity index (χ0v) is 11.0. The summed E-state index contributed by atoms with van der Waals surface area (Å²) in [5, 5.41) is 11.8. The van der Waals surface area contributed by atoms with E-state index in [1.54, 1.807) is 14.0 Å². The summed E-state index contributed by atoms with van der Waals surface area (Å²) in [6, 6.07) is 3.64. The van der Waals surface area contributed by atoms with Gasteiger partial charge in [-0.15, -0.1) is 11.8 Å².